The van der Waals surface area contributed by atoms with Crippen LogP contribution in [0.4, 0.5) is 0 Å². The maximum Gasteiger partial charge on any atom is 0.322 e. The van der Waals surface area contributed by atoms with Crippen LogP contribution >= 0.6 is 0 Å². The van der Waals surface area contributed by atoms with Crippen molar-refractivity contribution in [2.45, 2.75) is 32.2 Å². The van der Waals surface area contributed by atoms with E-state index in [1.165, 1.54) is 12.8 Å². The van der Waals surface area contributed by atoms with E-state index in [0.717, 1.165) is 19.5 Å². The van der Waals surface area contributed by atoms with Crippen molar-refractivity contribution in [1.29, 1.82) is 0 Å². The molecule has 2 unspecified atom stereocenters. The van der Waals surface area contributed by atoms with Crippen molar-refractivity contribution in [3.8, 4) is 0 Å². The third-order valence-electron chi connectivity index (χ3n) is 2.05. The first-order valence-electron chi connectivity index (χ1n) is 4.22. The summed E-state index contributed by atoms with van der Waals surface area (Å²) in [5, 5.41) is 8.54. The van der Waals surface area contributed by atoms with E-state index in [-0.39, 0.29) is 6.04 Å². The zero-order valence-electron chi connectivity index (χ0n) is 6.92. The molecule has 1 heterocycles. The van der Waals surface area contributed by atoms with Crippen molar-refractivity contribution in [3.05, 3.63) is 0 Å². The molecule has 3 heteroatoms. The molecule has 1 rings (SSSR count). The largest absolute Gasteiger partial charge is 0.480 e. The third kappa shape index (κ3) is 2.50. The molecule has 1 aliphatic heterocycles. The lowest BCUT2D eigenvalue weighted by atomic mass is 10.2. The molecule has 3 nitrogen and oxygen atoms in total. The van der Waals surface area contributed by atoms with Crippen LogP contribution in [-0.4, -0.2) is 35.1 Å². The Bertz CT molecular complexity index is 147. The second-order valence-corrected chi connectivity index (χ2v) is 3.06. The van der Waals surface area contributed by atoms with Gasteiger partial charge in [0.15, 0.2) is 0 Å². The number of carbonyl (C=O) groups is 1. The Morgan fingerprint density at radius 2 is 2.36 bits per heavy atom. The lowest BCUT2D eigenvalue weighted by Gasteiger charge is -1.98. The topological polar surface area (TPSA) is 40.3 Å². The average molecular weight is 157 g/mol. The van der Waals surface area contributed by atoms with Gasteiger partial charge in [-0.25, -0.2) is 0 Å². The SMILES string of the molecule is CCCCCN1CC1C(=O)O. The average Bonchev–Trinajstić information content (AvgIpc) is 2.68. The Kier molecular flexibility index (Phi) is 2.88. The first kappa shape index (κ1) is 8.53. The summed E-state index contributed by atoms with van der Waals surface area (Å²) < 4.78 is 0. The fraction of sp³-hybridized carbons (Fsp3) is 0.875. The molecule has 0 bridgehead atoms. The Labute approximate surface area is 67.0 Å². The summed E-state index contributed by atoms with van der Waals surface area (Å²) in [6.07, 6.45) is 3.55. The molecule has 64 valence electrons. The van der Waals surface area contributed by atoms with E-state index in [1.54, 1.807) is 0 Å². The van der Waals surface area contributed by atoms with Gasteiger partial charge in [-0.2, -0.15) is 0 Å². The number of carboxylic acid groups (broad SMARTS) is 1. The number of hydrogen-bond acceptors (Lipinski definition) is 2. The van der Waals surface area contributed by atoms with Crippen molar-refractivity contribution >= 4 is 5.97 Å². The number of unbranched alkanes of at least 4 members (excludes halogenated alkanes) is 2. The van der Waals surface area contributed by atoms with Crippen LogP contribution in [0.5, 0.6) is 0 Å². The molecule has 1 saturated heterocycles. The van der Waals surface area contributed by atoms with Gasteiger partial charge in [-0.05, 0) is 13.0 Å². The van der Waals surface area contributed by atoms with Gasteiger partial charge >= 0.3 is 5.97 Å². The molecule has 1 N–H and O–H groups in total. The van der Waals surface area contributed by atoms with Crippen LogP contribution in [0.25, 0.3) is 0 Å². The first-order chi connectivity index (χ1) is 5.25. The number of carboxylic acids is 1. The van der Waals surface area contributed by atoms with E-state index in [2.05, 4.69) is 6.92 Å². The lowest BCUT2D eigenvalue weighted by Crippen LogP contribution is -2.12. The van der Waals surface area contributed by atoms with Gasteiger partial charge in [-0.15, -0.1) is 0 Å². The lowest BCUT2D eigenvalue weighted by molar-refractivity contribution is -0.137. The van der Waals surface area contributed by atoms with Crippen molar-refractivity contribution in [2.24, 2.45) is 0 Å². The van der Waals surface area contributed by atoms with Crippen LogP contribution in [-0.2, 0) is 4.79 Å². The monoisotopic (exact) mass is 157 g/mol. The standard InChI is InChI=1S/C8H15NO2/c1-2-3-4-5-9-6-7(9)8(10)11/h7H,2-6H2,1H3,(H,10,11). The molecule has 1 aliphatic rings. The van der Waals surface area contributed by atoms with Crippen molar-refractivity contribution < 1.29 is 9.90 Å². The highest BCUT2D eigenvalue weighted by Gasteiger charge is 2.39. The van der Waals surface area contributed by atoms with E-state index >= 15 is 0 Å². The molecule has 0 aromatic rings. The first-order valence-corrected chi connectivity index (χ1v) is 4.22. The fourth-order valence-electron chi connectivity index (χ4n) is 1.22. The van der Waals surface area contributed by atoms with Gasteiger partial charge in [0.1, 0.15) is 6.04 Å². The second kappa shape index (κ2) is 3.72. The number of nitrogens with zero attached hydrogens (tertiary/aromatic N) is 1. The molecular weight excluding hydrogens is 142 g/mol. The normalized spacial score (nSPS) is 28.5. The summed E-state index contributed by atoms with van der Waals surface area (Å²) in [6, 6.07) is -0.160. The minimum atomic E-state index is -0.665. The molecule has 1 fully saturated rings. The van der Waals surface area contributed by atoms with Gasteiger partial charge < -0.3 is 5.11 Å². The van der Waals surface area contributed by atoms with Crippen LogP contribution in [0, 0.1) is 0 Å². The predicted molar refractivity (Wildman–Crippen MR) is 42.5 cm³/mol. The Hall–Kier alpha value is -0.570. The highest BCUT2D eigenvalue weighted by atomic mass is 16.4. The van der Waals surface area contributed by atoms with Crippen molar-refractivity contribution in [1.82, 2.24) is 4.90 Å². The van der Waals surface area contributed by atoms with E-state index in [1.807, 2.05) is 4.90 Å². The van der Waals surface area contributed by atoms with E-state index < -0.39 is 5.97 Å². The Balaban J connectivity index is 2.00. The molecule has 0 amide bonds. The molecule has 0 aromatic carbocycles. The van der Waals surface area contributed by atoms with Gasteiger partial charge in [-0.3, -0.25) is 9.69 Å². The minimum absolute atomic E-state index is 0.160. The highest BCUT2D eigenvalue weighted by Crippen LogP contribution is 2.17. The van der Waals surface area contributed by atoms with E-state index in [4.69, 9.17) is 5.11 Å². The summed E-state index contributed by atoms with van der Waals surface area (Å²) in [4.78, 5) is 12.4. The van der Waals surface area contributed by atoms with Gasteiger partial charge in [0, 0.05) is 6.54 Å². The zero-order valence-corrected chi connectivity index (χ0v) is 6.92. The molecular formula is C8H15NO2. The zero-order chi connectivity index (χ0) is 8.27. The summed E-state index contributed by atoms with van der Waals surface area (Å²) in [5.41, 5.74) is 0. The second-order valence-electron chi connectivity index (χ2n) is 3.06. The Morgan fingerprint density at radius 1 is 1.64 bits per heavy atom. The van der Waals surface area contributed by atoms with Gasteiger partial charge in [0.2, 0.25) is 0 Å². The molecule has 0 saturated carbocycles. The van der Waals surface area contributed by atoms with E-state index in [0.29, 0.717) is 0 Å². The maximum absolute atomic E-state index is 10.4. The minimum Gasteiger partial charge on any atom is -0.480 e. The van der Waals surface area contributed by atoms with Crippen LogP contribution in [0.15, 0.2) is 0 Å². The molecule has 0 aromatic heterocycles. The van der Waals surface area contributed by atoms with Gasteiger partial charge in [-0.1, -0.05) is 19.8 Å². The number of hydrogen-bond donors (Lipinski definition) is 1. The Morgan fingerprint density at radius 3 is 2.82 bits per heavy atom. The summed E-state index contributed by atoms with van der Waals surface area (Å²) in [6.45, 7) is 3.88. The van der Waals surface area contributed by atoms with Crippen LogP contribution in [0.3, 0.4) is 0 Å². The van der Waals surface area contributed by atoms with Crippen molar-refractivity contribution in [2.75, 3.05) is 13.1 Å². The molecule has 0 radical (unpaired) electrons. The summed E-state index contributed by atoms with van der Waals surface area (Å²) >= 11 is 0. The summed E-state index contributed by atoms with van der Waals surface area (Å²) in [7, 11) is 0. The molecule has 2 atom stereocenters. The predicted octanol–water partition coefficient (Wildman–Crippen LogP) is 0.945. The maximum atomic E-state index is 10.4. The van der Waals surface area contributed by atoms with Crippen LogP contribution in [0.2, 0.25) is 0 Å². The summed E-state index contributed by atoms with van der Waals surface area (Å²) in [5.74, 6) is -0.665. The smallest absolute Gasteiger partial charge is 0.322 e. The molecule has 11 heavy (non-hydrogen) atoms. The quantitative estimate of drug-likeness (QED) is 0.477. The van der Waals surface area contributed by atoms with Crippen LogP contribution in [0.1, 0.15) is 26.2 Å². The van der Waals surface area contributed by atoms with Crippen molar-refractivity contribution in [3.63, 3.8) is 0 Å². The van der Waals surface area contributed by atoms with Gasteiger partial charge in [0.25, 0.3) is 0 Å². The fourth-order valence-corrected chi connectivity index (χ4v) is 1.22. The van der Waals surface area contributed by atoms with E-state index in [9.17, 15) is 4.79 Å². The number of rotatable bonds is 5. The van der Waals surface area contributed by atoms with Gasteiger partial charge in [0.05, 0.1) is 0 Å². The van der Waals surface area contributed by atoms with Crippen LogP contribution < -0.4 is 0 Å². The highest BCUT2D eigenvalue weighted by molar-refractivity contribution is 5.76. The number of aliphatic carboxylic acids is 1. The molecule has 0 aliphatic carbocycles. The third-order valence-corrected chi connectivity index (χ3v) is 2.05. The molecule has 0 spiro atoms.